The lowest BCUT2D eigenvalue weighted by Crippen LogP contribution is -2.32. The van der Waals surface area contributed by atoms with Crippen molar-refractivity contribution < 1.29 is 14.3 Å². The van der Waals surface area contributed by atoms with E-state index in [1.54, 1.807) is 6.92 Å². The third-order valence-electron chi connectivity index (χ3n) is 2.28. The average molecular weight is 252 g/mol. The number of rotatable bonds is 8. The smallest absolute Gasteiger partial charge is 0.404 e. The summed E-state index contributed by atoms with van der Waals surface area (Å²) in [4.78, 5) is 10.4. The molecule has 0 heterocycles. The predicted octanol–water partition coefficient (Wildman–Crippen LogP) is 1.28. The Labute approximate surface area is 107 Å². The van der Waals surface area contributed by atoms with Gasteiger partial charge in [0.2, 0.25) is 0 Å². The Morgan fingerprint density at radius 2 is 2.11 bits per heavy atom. The number of ether oxygens (including phenoxy) is 2. The van der Waals surface area contributed by atoms with Crippen molar-refractivity contribution in [3.8, 4) is 0 Å². The summed E-state index contributed by atoms with van der Waals surface area (Å²) in [5.41, 5.74) is 6.05. The van der Waals surface area contributed by atoms with Gasteiger partial charge in [-0.05, 0) is 12.5 Å². The van der Waals surface area contributed by atoms with Crippen LogP contribution in [0.5, 0.6) is 0 Å². The Bertz CT molecular complexity index is 343. The van der Waals surface area contributed by atoms with Gasteiger partial charge < -0.3 is 20.5 Å². The maximum Gasteiger partial charge on any atom is 0.404 e. The molecule has 0 fully saturated rings. The van der Waals surface area contributed by atoms with Crippen molar-refractivity contribution in [2.75, 3.05) is 19.7 Å². The van der Waals surface area contributed by atoms with Crippen LogP contribution in [0.4, 0.5) is 4.79 Å². The molecule has 0 spiro atoms. The van der Waals surface area contributed by atoms with Crippen LogP contribution in [-0.2, 0) is 16.1 Å². The van der Waals surface area contributed by atoms with Crippen molar-refractivity contribution in [2.24, 2.45) is 5.73 Å². The van der Waals surface area contributed by atoms with Crippen molar-refractivity contribution in [2.45, 2.75) is 19.6 Å². The molecule has 0 saturated carbocycles. The number of nitrogens with one attached hydrogen (secondary N) is 1. The SMILES string of the molecule is C[C@@H](CNCCOCc1ccccc1)OC(N)=O. The van der Waals surface area contributed by atoms with Crippen LogP contribution in [0.25, 0.3) is 0 Å². The van der Waals surface area contributed by atoms with E-state index in [0.29, 0.717) is 26.3 Å². The second-order valence-corrected chi connectivity index (χ2v) is 3.99. The highest BCUT2D eigenvalue weighted by Gasteiger charge is 2.04. The first kappa shape index (κ1) is 14.5. The highest BCUT2D eigenvalue weighted by Crippen LogP contribution is 1.99. The average Bonchev–Trinajstić information content (AvgIpc) is 2.34. The maximum atomic E-state index is 10.4. The molecule has 0 aromatic heterocycles. The molecule has 0 saturated heterocycles. The number of hydrogen-bond donors (Lipinski definition) is 2. The van der Waals surface area contributed by atoms with Gasteiger partial charge in [-0.2, -0.15) is 0 Å². The molecule has 3 N–H and O–H groups in total. The molecule has 1 amide bonds. The van der Waals surface area contributed by atoms with E-state index in [4.69, 9.17) is 15.2 Å². The molecular weight excluding hydrogens is 232 g/mol. The van der Waals surface area contributed by atoms with E-state index >= 15 is 0 Å². The number of hydrogen-bond acceptors (Lipinski definition) is 4. The summed E-state index contributed by atoms with van der Waals surface area (Å²) in [6.45, 7) is 4.27. The van der Waals surface area contributed by atoms with E-state index in [-0.39, 0.29) is 6.10 Å². The lowest BCUT2D eigenvalue weighted by atomic mass is 10.2. The number of carbonyl (C=O) groups is 1. The number of primary amides is 1. The van der Waals surface area contributed by atoms with Crippen molar-refractivity contribution in [1.82, 2.24) is 5.32 Å². The summed E-state index contributed by atoms with van der Waals surface area (Å²) in [6, 6.07) is 10.00. The molecule has 0 aliphatic carbocycles. The lowest BCUT2D eigenvalue weighted by molar-refractivity contribution is 0.105. The zero-order valence-electron chi connectivity index (χ0n) is 10.6. The van der Waals surface area contributed by atoms with Gasteiger partial charge in [-0.3, -0.25) is 0 Å². The topological polar surface area (TPSA) is 73.6 Å². The molecule has 0 aliphatic heterocycles. The molecule has 1 atom stereocenters. The van der Waals surface area contributed by atoms with Crippen LogP contribution in [0.2, 0.25) is 0 Å². The zero-order chi connectivity index (χ0) is 13.2. The lowest BCUT2D eigenvalue weighted by Gasteiger charge is -2.12. The van der Waals surface area contributed by atoms with E-state index in [1.807, 2.05) is 30.3 Å². The Kier molecular flexibility index (Phi) is 6.83. The van der Waals surface area contributed by atoms with E-state index in [1.165, 1.54) is 0 Å². The van der Waals surface area contributed by atoms with Gasteiger partial charge in [-0.1, -0.05) is 30.3 Å². The fraction of sp³-hybridized carbons (Fsp3) is 0.462. The first-order valence-electron chi connectivity index (χ1n) is 5.97. The second-order valence-electron chi connectivity index (χ2n) is 3.99. The summed E-state index contributed by atoms with van der Waals surface area (Å²) in [6.07, 6.45) is -0.971. The van der Waals surface area contributed by atoms with Gasteiger partial charge in [-0.25, -0.2) is 4.79 Å². The van der Waals surface area contributed by atoms with Crippen LogP contribution in [0.15, 0.2) is 30.3 Å². The van der Waals surface area contributed by atoms with E-state index in [0.717, 1.165) is 5.56 Å². The monoisotopic (exact) mass is 252 g/mol. The minimum Gasteiger partial charge on any atom is -0.445 e. The van der Waals surface area contributed by atoms with Gasteiger partial charge in [0.05, 0.1) is 13.2 Å². The fourth-order valence-corrected chi connectivity index (χ4v) is 1.45. The molecule has 1 aromatic carbocycles. The molecule has 0 bridgehead atoms. The number of amides is 1. The van der Waals surface area contributed by atoms with Crippen LogP contribution < -0.4 is 11.1 Å². The van der Waals surface area contributed by atoms with Crippen LogP contribution in [0.3, 0.4) is 0 Å². The Hall–Kier alpha value is -1.59. The summed E-state index contributed by atoms with van der Waals surface area (Å²) < 4.78 is 10.2. The number of nitrogens with two attached hydrogens (primary N) is 1. The molecule has 18 heavy (non-hydrogen) atoms. The van der Waals surface area contributed by atoms with E-state index in [9.17, 15) is 4.79 Å². The molecule has 5 nitrogen and oxygen atoms in total. The summed E-state index contributed by atoms with van der Waals surface area (Å²) in [5.74, 6) is 0. The Morgan fingerprint density at radius 3 is 2.78 bits per heavy atom. The first-order chi connectivity index (χ1) is 8.68. The quantitative estimate of drug-likeness (QED) is 0.683. The molecule has 0 aliphatic rings. The molecule has 0 radical (unpaired) electrons. The molecule has 0 unspecified atom stereocenters. The van der Waals surface area contributed by atoms with Crippen molar-refractivity contribution in [3.05, 3.63) is 35.9 Å². The molecule has 5 heteroatoms. The molecule has 1 aromatic rings. The van der Waals surface area contributed by atoms with Crippen LogP contribution >= 0.6 is 0 Å². The van der Waals surface area contributed by atoms with Crippen LogP contribution in [-0.4, -0.2) is 31.9 Å². The zero-order valence-corrected chi connectivity index (χ0v) is 10.6. The van der Waals surface area contributed by atoms with Gasteiger partial charge in [-0.15, -0.1) is 0 Å². The Morgan fingerprint density at radius 1 is 1.39 bits per heavy atom. The van der Waals surface area contributed by atoms with Crippen LogP contribution in [0.1, 0.15) is 12.5 Å². The van der Waals surface area contributed by atoms with E-state index < -0.39 is 6.09 Å². The third-order valence-corrected chi connectivity index (χ3v) is 2.28. The van der Waals surface area contributed by atoms with Gasteiger partial charge in [0.15, 0.2) is 0 Å². The van der Waals surface area contributed by atoms with Crippen molar-refractivity contribution >= 4 is 6.09 Å². The maximum absolute atomic E-state index is 10.4. The third kappa shape index (κ3) is 6.88. The second kappa shape index (κ2) is 8.49. The van der Waals surface area contributed by atoms with Gasteiger partial charge in [0.25, 0.3) is 0 Å². The summed E-state index contributed by atoms with van der Waals surface area (Å²) in [5, 5.41) is 3.12. The predicted molar refractivity (Wildman–Crippen MR) is 69.1 cm³/mol. The van der Waals surface area contributed by atoms with Gasteiger partial charge in [0, 0.05) is 13.1 Å². The highest BCUT2D eigenvalue weighted by molar-refractivity contribution is 5.64. The molecule has 100 valence electrons. The summed E-state index contributed by atoms with van der Waals surface area (Å²) >= 11 is 0. The first-order valence-corrected chi connectivity index (χ1v) is 5.97. The number of benzene rings is 1. The normalized spacial score (nSPS) is 12.1. The summed E-state index contributed by atoms with van der Waals surface area (Å²) in [7, 11) is 0. The molecule has 1 rings (SSSR count). The molecular formula is C13H20N2O3. The van der Waals surface area contributed by atoms with Crippen LogP contribution in [0, 0.1) is 0 Å². The fourth-order valence-electron chi connectivity index (χ4n) is 1.45. The largest absolute Gasteiger partial charge is 0.445 e. The van der Waals surface area contributed by atoms with E-state index in [2.05, 4.69) is 5.32 Å². The minimum absolute atomic E-state index is 0.225. The van der Waals surface area contributed by atoms with Crippen molar-refractivity contribution in [1.29, 1.82) is 0 Å². The Balaban J connectivity index is 1.97. The van der Waals surface area contributed by atoms with Gasteiger partial charge >= 0.3 is 6.09 Å². The van der Waals surface area contributed by atoms with Gasteiger partial charge in [0.1, 0.15) is 6.10 Å². The van der Waals surface area contributed by atoms with Crippen molar-refractivity contribution in [3.63, 3.8) is 0 Å². The highest BCUT2D eigenvalue weighted by atomic mass is 16.6. The standard InChI is InChI=1S/C13H20N2O3/c1-11(18-13(14)16)9-15-7-8-17-10-12-5-3-2-4-6-12/h2-6,11,15H,7-10H2,1H3,(H2,14,16)/t11-/m0/s1. The minimum atomic E-state index is -0.746. The number of carbonyl (C=O) groups excluding carboxylic acids is 1.